The number of nitrogens with zero attached hydrogens (tertiary/aromatic N) is 1. The SMILES string of the molecule is O=C(Nc1cc(NC(=O)c2ccc(N3CCCS3(=O)=O)cc2Cl)ccc1Cl)c1ccoc1. The van der Waals surface area contributed by atoms with E-state index in [0.717, 1.165) is 0 Å². The molecule has 0 bridgehead atoms. The summed E-state index contributed by atoms with van der Waals surface area (Å²) >= 11 is 12.4. The molecule has 0 saturated carbocycles. The molecule has 3 aromatic rings. The predicted octanol–water partition coefficient (Wildman–Crippen LogP) is 4.63. The quantitative estimate of drug-likeness (QED) is 0.538. The fraction of sp³-hybridized carbons (Fsp3) is 0.143. The van der Waals surface area contributed by atoms with E-state index in [9.17, 15) is 18.0 Å². The van der Waals surface area contributed by atoms with Gasteiger partial charge in [0.1, 0.15) is 6.26 Å². The van der Waals surface area contributed by atoms with Gasteiger partial charge in [0.2, 0.25) is 10.0 Å². The Hall–Kier alpha value is -3.01. The maximum absolute atomic E-state index is 12.7. The van der Waals surface area contributed by atoms with Gasteiger partial charge in [-0.1, -0.05) is 23.2 Å². The standard InChI is InChI=1S/C21H17Cl2N3O5S/c22-17-5-2-14(10-19(17)25-20(27)13-6-8-31-12-13)24-21(28)16-4-3-15(11-18(16)23)26-7-1-9-32(26,29)30/h2-6,8,10-12H,1,7,9H2,(H,24,28)(H,25,27). The molecule has 166 valence electrons. The minimum Gasteiger partial charge on any atom is -0.472 e. The molecule has 2 heterocycles. The van der Waals surface area contributed by atoms with Gasteiger partial charge in [-0.05, 0) is 48.9 Å². The summed E-state index contributed by atoms with van der Waals surface area (Å²) in [6, 6.07) is 10.6. The second kappa shape index (κ2) is 8.85. The number of hydrogen-bond donors (Lipinski definition) is 2. The number of hydrogen-bond acceptors (Lipinski definition) is 5. The predicted molar refractivity (Wildman–Crippen MR) is 123 cm³/mol. The monoisotopic (exact) mass is 493 g/mol. The van der Waals surface area contributed by atoms with Gasteiger partial charge in [-0.15, -0.1) is 0 Å². The first-order valence-corrected chi connectivity index (χ1v) is 11.9. The van der Waals surface area contributed by atoms with Crippen molar-refractivity contribution in [2.24, 2.45) is 0 Å². The lowest BCUT2D eigenvalue weighted by atomic mass is 10.1. The molecular weight excluding hydrogens is 477 g/mol. The van der Waals surface area contributed by atoms with Crippen LogP contribution >= 0.6 is 23.2 Å². The first-order chi connectivity index (χ1) is 15.2. The van der Waals surface area contributed by atoms with Crippen molar-refractivity contribution in [3.05, 3.63) is 76.2 Å². The van der Waals surface area contributed by atoms with E-state index < -0.39 is 21.8 Å². The van der Waals surface area contributed by atoms with E-state index in [2.05, 4.69) is 10.6 Å². The van der Waals surface area contributed by atoms with Crippen molar-refractivity contribution in [2.45, 2.75) is 6.42 Å². The number of anilines is 3. The van der Waals surface area contributed by atoms with Crippen LogP contribution in [0.1, 0.15) is 27.1 Å². The number of nitrogens with one attached hydrogen (secondary N) is 2. The summed E-state index contributed by atoms with van der Waals surface area (Å²) in [5.74, 6) is -0.831. The van der Waals surface area contributed by atoms with Gasteiger partial charge in [-0.3, -0.25) is 13.9 Å². The zero-order valence-corrected chi connectivity index (χ0v) is 18.8. The van der Waals surface area contributed by atoms with E-state index in [0.29, 0.717) is 35.6 Å². The molecule has 0 unspecified atom stereocenters. The molecule has 4 rings (SSSR count). The molecule has 2 N–H and O–H groups in total. The summed E-state index contributed by atoms with van der Waals surface area (Å²) in [5.41, 5.74) is 1.59. The van der Waals surface area contributed by atoms with E-state index >= 15 is 0 Å². The van der Waals surface area contributed by atoms with E-state index in [1.165, 1.54) is 47.2 Å². The highest BCUT2D eigenvalue weighted by molar-refractivity contribution is 7.93. The van der Waals surface area contributed by atoms with Crippen molar-refractivity contribution in [1.29, 1.82) is 0 Å². The number of halogens is 2. The first-order valence-electron chi connectivity index (χ1n) is 9.49. The van der Waals surface area contributed by atoms with Gasteiger partial charge in [0, 0.05) is 12.2 Å². The minimum absolute atomic E-state index is 0.0862. The Balaban J connectivity index is 1.51. The largest absolute Gasteiger partial charge is 0.472 e. The third-order valence-corrected chi connectivity index (χ3v) is 7.35. The summed E-state index contributed by atoms with van der Waals surface area (Å²) in [7, 11) is -3.35. The van der Waals surface area contributed by atoms with Crippen molar-refractivity contribution < 1.29 is 22.4 Å². The molecular formula is C21H17Cl2N3O5S. The highest BCUT2D eigenvalue weighted by Crippen LogP contribution is 2.30. The molecule has 0 radical (unpaired) electrons. The average Bonchev–Trinajstić information content (AvgIpc) is 3.39. The molecule has 1 fully saturated rings. The molecule has 0 spiro atoms. The zero-order chi connectivity index (χ0) is 22.9. The van der Waals surface area contributed by atoms with Crippen LogP contribution in [0.5, 0.6) is 0 Å². The lowest BCUT2D eigenvalue weighted by Gasteiger charge is -2.18. The number of furan rings is 1. The molecule has 32 heavy (non-hydrogen) atoms. The Kier molecular flexibility index (Phi) is 6.14. The third-order valence-electron chi connectivity index (χ3n) is 4.84. The van der Waals surface area contributed by atoms with Gasteiger partial charge < -0.3 is 15.1 Å². The van der Waals surface area contributed by atoms with Gasteiger partial charge >= 0.3 is 0 Å². The minimum atomic E-state index is -3.35. The van der Waals surface area contributed by atoms with Crippen LogP contribution in [0, 0.1) is 0 Å². The van der Waals surface area contributed by atoms with Crippen molar-refractivity contribution in [3.63, 3.8) is 0 Å². The second-order valence-corrected chi connectivity index (χ2v) is 9.85. The van der Waals surface area contributed by atoms with Crippen LogP contribution in [0.15, 0.2) is 59.4 Å². The molecule has 1 aliphatic heterocycles. The summed E-state index contributed by atoms with van der Waals surface area (Å²) < 4.78 is 30.4. The normalized spacial score (nSPS) is 14.9. The molecule has 2 amide bonds. The zero-order valence-electron chi connectivity index (χ0n) is 16.5. The third kappa shape index (κ3) is 4.59. The molecule has 1 saturated heterocycles. The maximum Gasteiger partial charge on any atom is 0.258 e. The van der Waals surface area contributed by atoms with Crippen LogP contribution in [0.2, 0.25) is 10.0 Å². The van der Waals surface area contributed by atoms with Gasteiger partial charge in [0.15, 0.2) is 0 Å². The molecule has 8 nitrogen and oxygen atoms in total. The first kappa shape index (κ1) is 22.2. The van der Waals surface area contributed by atoms with Crippen LogP contribution in [0.25, 0.3) is 0 Å². The van der Waals surface area contributed by atoms with E-state index in [1.54, 1.807) is 12.1 Å². The lowest BCUT2D eigenvalue weighted by Crippen LogP contribution is -2.25. The molecule has 0 aliphatic carbocycles. The number of rotatable bonds is 5. The Bertz CT molecular complexity index is 1290. The van der Waals surface area contributed by atoms with Gasteiger partial charge in [-0.25, -0.2) is 8.42 Å². The highest BCUT2D eigenvalue weighted by atomic mass is 35.5. The van der Waals surface area contributed by atoms with Crippen molar-refractivity contribution in [3.8, 4) is 0 Å². The number of benzene rings is 2. The number of carbonyl (C=O) groups excluding carboxylic acids is 2. The topological polar surface area (TPSA) is 109 Å². The number of carbonyl (C=O) groups is 2. The molecule has 1 aromatic heterocycles. The molecule has 2 aromatic carbocycles. The maximum atomic E-state index is 12.7. The van der Waals surface area contributed by atoms with Gasteiger partial charge in [0.05, 0.1) is 44.6 Å². The van der Waals surface area contributed by atoms with Crippen LogP contribution in [0.4, 0.5) is 17.1 Å². The van der Waals surface area contributed by atoms with E-state index in [1.807, 2.05) is 0 Å². The summed E-state index contributed by atoms with van der Waals surface area (Å²) in [5, 5.41) is 5.75. The van der Waals surface area contributed by atoms with Crippen molar-refractivity contribution in [2.75, 3.05) is 27.2 Å². The summed E-state index contributed by atoms with van der Waals surface area (Å²) in [6.45, 7) is 0.377. The van der Waals surface area contributed by atoms with Crippen LogP contribution in [-0.2, 0) is 10.0 Å². The summed E-state index contributed by atoms with van der Waals surface area (Å²) in [6.07, 6.45) is 3.22. The highest BCUT2D eigenvalue weighted by Gasteiger charge is 2.29. The molecule has 11 heteroatoms. The van der Waals surface area contributed by atoms with Crippen molar-refractivity contribution >= 4 is 62.1 Å². The van der Waals surface area contributed by atoms with Gasteiger partial charge in [-0.2, -0.15) is 0 Å². The number of amides is 2. The van der Waals surface area contributed by atoms with Gasteiger partial charge in [0.25, 0.3) is 11.8 Å². The van der Waals surface area contributed by atoms with Crippen LogP contribution < -0.4 is 14.9 Å². The molecule has 1 aliphatic rings. The van der Waals surface area contributed by atoms with Crippen LogP contribution in [0.3, 0.4) is 0 Å². The number of sulfonamides is 1. The van der Waals surface area contributed by atoms with E-state index in [4.69, 9.17) is 27.6 Å². The Labute approximate surface area is 194 Å². The molecule has 0 atom stereocenters. The second-order valence-electron chi connectivity index (χ2n) is 7.02. The fourth-order valence-corrected chi connectivity index (χ4v) is 5.24. The van der Waals surface area contributed by atoms with Crippen LogP contribution in [-0.4, -0.2) is 32.5 Å². The fourth-order valence-electron chi connectivity index (χ4n) is 3.26. The Morgan fingerprint density at radius 1 is 0.969 bits per heavy atom. The Morgan fingerprint density at radius 3 is 2.44 bits per heavy atom. The Morgan fingerprint density at radius 2 is 1.78 bits per heavy atom. The van der Waals surface area contributed by atoms with E-state index in [-0.39, 0.29) is 21.4 Å². The lowest BCUT2D eigenvalue weighted by molar-refractivity contribution is 0.101. The average molecular weight is 494 g/mol. The van der Waals surface area contributed by atoms with Crippen molar-refractivity contribution in [1.82, 2.24) is 0 Å². The smallest absolute Gasteiger partial charge is 0.258 e. The summed E-state index contributed by atoms with van der Waals surface area (Å²) in [4.78, 5) is 25.0.